The van der Waals surface area contributed by atoms with E-state index in [4.69, 9.17) is 11.6 Å². The number of anilines is 1. The lowest BCUT2D eigenvalue weighted by Gasteiger charge is -2.25. The Hall–Kier alpha value is -1.44. The normalized spacial score (nSPS) is 12.2. The molecule has 1 unspecified atom stereocenters. The number of hydrogen-bond acceptors (Lipinski definition) is 4. The zero-order valence-corrected chi connectivity index (χ0v) is 13.3. The van der Waals surface area contributed by atoms with Gasteiger partial charge < -0.3 is 4.90 Å². The monoisotopic (exact) mass is 305 g/mol. The summed E-state index contributed by atoms with van der Waals surface area (Å²) < 4.78 is 0. The number of nitriles is 1. The molecule has 1 heterocycles. The van der Waals surface area contributed by atoms with E-state index >= 15 is 0 Å². The van der Waals surface area contributed by atoms with Crippen molar-refractivity contribution >= 4 is 40.1 Å². The third-order valence-corrected chi connectivity index (χ3v) is 4.36. The number of thioether (sulfide) groups is 1. The van der Waals surface area contributed by atoms with Gasteiger partial charge in [-0.15, -0.1) is 0 Å². The maximum Gasteiger partial charge on any atom is 0.130 e. The Kier molecular flexibility index (Phi) is 4.74. The van der Waals surface area contributed by atoms with Crippen LogP contribution in [0.5, 0.6) is 0 Å². The molecule has 104 valence electrons. The number of aromatic nitrogens is 1. The lowest BCUT2D eigenvalue weighted by molar-refractivity contribution is 0.755. The van der Waals surface area contributed by atoms with Crippen molar-refractivity contribution in [3.8, 4) is 6.07 Å². The standard InChI is InChI=1S/C15H16ClN3S/c1-10(9-20-3)19(2)15-6-11(8-17)13-7-12(16)4-5-14(13)18-15/h4-7,10H,9H2,1-3H3. The van der Waals surface area contributed by atoms with Gasteiger partial charge in [0.05, 0.1) is 17.1 Å². The molecule has 3 nitrogen and oxygen atoms in total. The highest BCUT2D eigenvalue weighted by Crippen LogP contribution is 2.26. The Morgan fingerprint density at radius 2 is 2.20 bits per heavy atom. The molecule has 0 aliphatic carbocycles. The largest absolute Gasteiger partial charge is 0.356 e. The lowest BCUT2D eigenvalue weighted by Crippen LogP contribution is -2.31. The van der Waals surface area contributed by atoms with Crippen molar-refractivity contribution in [3.05, 3.63) is 34.9 Å². The van der Waals surface area contributed by atoms with E-state index in [0.717, 1.165) is 22.5 Å². The van der Waals surface area contributed by atoms with Gasteiger partial charge in [-0.25, -0.2) is 4.98 Å². The van der Waals surface area contributed by atoms with Gasteiger partial charge in [-0.2, -0.15) is 17.0 Å². The van der Waals surface area contributed by atoms with Gasteiger partial charge in [0.25, 0.3) is 0 Å². The van der Waals surface area contributed by atoms with Crippen molar-refractivity contribution in [1.82, 2.24) is 4.98 Å². The van der Waals surface area contributed by atoms with Crippen LogP contribution < -0.4 is 4.90 Å². The van der Waals surface area contributed by atoms with Crippen molar-refractivity contribution in [2.45, 2.75) is 13.0 Å². The molecule has 2 rings (SSSR count). The molecule has 0 aliphatic heterocycles. The van der Waals surface area contributed by atoms with Crippen molar-refractivity contribution in [2.75, 3.05) is 24.0 Å². The first-order chi connectivity index (χ1) is 9.56. The summed E-state index contributed by atoms with van der Waals surface area (Å²) >= 11 is 7.79. The third-order valence-electron chi connectivity index (χ3n) is 3.31. The van der Waals surface area contributed by atoms with E-state index in [0.29, 0.717) is 16.6 Å². The minimum absolute atomic E-state index is 0.355. The fourth-order valence-corrected chi connectivity index (χ4v) is 2.91. The zero-order chi connectivity index (χ0) is 14.7. The first kappa shape index (κ1) is 15.0. The summed E-state index contributed by atoms with van der Waals surface area (Å²) in [4.78, 5) is 6.74. The predicted molar refractivity (Wildman–Crippen MR) is 87.7 cm³/mol. The average Bonchev–Trinajstić information content (AvgIpc) is 2.45. The van der Waals surface area contributed by atoms with Crippen LogP contribution in [0.25, 0.3) is 10.9 Å². The Bertz CT molecular complexity index is 666. The van der Waals surface area contributed by atoms with Crippen LogP contribution in [0.4, 0.5) is 5.82 Å². The molecular formula is C15H16ClN3S. The van der Waals surface area contributed by atoms with Crippen LogP contribution >= 0.6 is 23.4 Å². The van der Waals surface area contributed by atoms with E-state index in [1.54, 1.807) is 23.9 Å². The van der Waals surface area contributed by atoms with Crippen LogP contribution in [0, 0.1) is 11.3 Å². The van der Waals surface area contributed by atoms with Gasteiger partial charge in [0, 0.05) is 29.3 Å². The van der Waals surface area contributed by atoms with Crippen LogP contribution in [0.15, 0.2) is 24.3 Å². The maximum atomic E-state index is 9.33. The fraction of sp³-hybridized carbons (Fsp3) is 0.333. The summed E-state index contributed by atoms with van der Waals surface area (Å²) in [5, 5.41) is 10.8. The first-order valence-electron chi connectivity index (χ1n) is 6.29. The molecular weight excluding hydrogens is 290 g/mol. The minimum atomic E-state index is 0.355. The van der Waals surface area contributed by atoms with Gasteiger partial charge in [-0.05, 0) is 37.4 Å². The quantitative estimate of drug-likeness (QED) is 0.857. The number of rotatable bonds is 4. The van der Waals surface area contributed by atoms with Gasteiger partial charge in [-0.3, -0.25) is 0 Å². The molecule has 0 saturated heterocycles. The number of halogens is 1. The maximum absolute atomic E-state index is 9.33. The molecule has 0 spiro atoms. The van der Waals surface area contributed by atoms with Crippen LogP contribution in [0.1, 0.15) is 12.5 Å². The molecule has 0 bridgehead atoms. The molecule has 0 fully saturated rings. The molecule has 1 atom stereocenters. The summed E-state index contributed by atoms with van der Waals surface area (Å²) in [6.07, 6.45) is 2.08. The SMILES string of the molecule is CSCC(C)N(C)c1cc(C#N)c2cc(Cl)ccc2n1. The van der Waals surface area contributed by atoms with E-state index in [1.807, 2.05) is 19.2 Å². The second kappa shape index (κ2) is 6.34. The number of nitrogens with zero attached hydrogens (tertiary/aromatic N) is 3. The number of pyridine rings is 1. The Morgan fingerprint density at radius 1 is 1.45 bits per heavy atom. The molecule has 1 aromatic carbocycles. The Labute approximate surface area is 128 Å². The highest BCUT2D eigenvalue weighted by Gasteiger charge is 2.13. The van der Waals surface area contributed by atoms with Crippen LogP contribution in [-0.4, -0.2) is 30.1 Å². The minimum Gasteiger partial charge on any atom is -0.356 e. The summed E-state index contributed by atoms with van der Waals surface area (Å²) in [5.74, 6) is 1.83. The number of fused-ring (bicyclic) bond motifs is 1. The molecule has 0 radical (unpaired) electrons. The van der Waals surface area contributed by atoms with E-state index in [1.165, 1.54) is 0 Å². The van der Waals surface area contributed by atoms with E-state index in [9.17, 15) is 5.26 Å². The van der Waals surface area contributed by atoms with Gasteiger partial charge in [0.15, 0.2) is 0 Å². The van der Waals surface area contributed by atoms with Crippen molar-refractivity contribution in [1.29, 1.82) is 5.26 Å². The first-order valence-corrected chi connectivity index (χ1v) is 8.06. The summed E-state index contributed by atoms with van der Waals surface area (Å²) in [7, 11) is 2.01. The summed E-state index contributed by atoms with van der Waals surface area (Å²) in [6.45, 7) is 2.15. The van der Waals surface area contributed by atoms with E-state index in [-0.39, 0.29) is 0 Å². The Morgan fingerprint density at radius 3 is 2.85 bits per heavy atom. The van der Waals surface area contributed by atoms with Crippen LogP contribution in [0.2, 0.25) is 5.02 Å². The zero-order valence-electron chi connectivity index (χ0n) is 11.7. The highest BCUT2D eigenvalue weighted by atomic mass is 35.5. The van der Waals surface area contributed by atoms with Gasteiger partial charge in [-0.1, -0.05) is 11.6 Å². The van der Waals surface area contributed by atoms with Crippen LogP contribution in [0.3, 0.4) is 0 Å². The van der Waals surface area contributed by atoms with E-state index < -0.39 is 0 Å². The number of hydrogen-bond donors (Lipinski definition) is 0. The lowest BCUT2D eigenvalue weighted by atomic mass is 10.1. The van der Waals surface area contributed by atoms with Crippen molar-refractivity contribution in [3.63, 3.8) is 0 Å². The molecule has 0 aliphatic rings. The second-order valence-corrected chi connectivity index (χ2v) is 6.06. The van der Waals surface area contributed by atoms with Gasteiger partial charge >= 0.3 is 0 Å². The average molecular weight is 306 g/mol. The summed E-state index contributed by atoms with van der Waals surface area (Å²) in [5.41, 5.74) is 1.40. The van der Waals surface area contributed by atoms with Gasteiger partial charge in [0.2, 0.25) is 0 Å². The molecule has 1 aromatic heterocycles. The smallest absolute Gasteiger partial charge is 0.130 e. The fourth-order valence-electron chi connectivity index (χ4n) is 2.04. The van der Waals surface area contributed by atoms with Crippen LogP contribution in [-0.2, 0) is 0 Å². The molecule has 2 aromatic rings. The highest BCUT2D eigenvalue weighted by molar-refractivity contribution is 7.98. The van der Waals surface area contributed by atoms with Crippen molar-refractivity contribution in [2.24, 2.45) is 0 Å². The molecule has 0 amide bonds. The summed E-state index contributed by atoms with van der Waals surface area (Å²) in [6, 6.07) is 9.86. The van der Waals surface area contributed by atoms with Gasteiger partial charge in [0.1, 0.15) is 5.82 Å². The van der Waals surface area contributed by atoms with Crippen molar-refractivity contribution < 1.29 is 0 Å². The number of benzene rings is 1. The molecule has 0 saturated carbocycles. The third kappa shape index (κ3) is 3.00. The topological polar surface area (TPSA) is 39.9 Å². The Balaban J connectivity index is 2.51. The molecule has 0 N–H and O–H groups in total. The predicted octanol–water partition coefficient (Wildman–Crippen LogP) is 3.95. The molecule has 20 heavy (non-hydrogen) atoms. The second-order valence-electron chi connectivity index (χ2n) is 4.72. The van der Waals surface area contributed by atoms with E-state index in [2.05, 4.69) is 29.1 Å². The molecule has 5 heteroatoms.